The van der Waals surface area contributed by atoms with E-state index in [0.717, 1.165) is 25.9 Å². The van der Waals surface area contributed by atoms with E-state index in [0.29, 0.717) is 4.88 Å². The zero-order chi connectivity index (χ0) is 15.4. The van der Waals surface area contributed by atoms with E-state index in [1.807, 2.05) is 0 Å². The number of nitrogens with one attached hydrogen (secondary N) is 1. The van der Waals surface area contributed by atoms with Gasteiger partial charge in [-0.1, -0.05) is 6.07 Å². The number of amides is 2. The molecule has 1 unspecified atom stereocenters. The molecular formula is C14H21N3O3S. The summed E-state index contributed by atoms with van der Waals surface area (Å²) in [4.78, 5) is 28.1. The number of carboxylic acid groups (broad SMARTS) is 1. The van der Waals surface area contributed by atoms with Crippen molar-refractivity contribution in [3.8, 4) is 0 Å². The first-order valence-corrected chi connectivity index (χ1v) is 7.85. The predicted octanol–water partition coefficient (Wildman–Crippen LogP) is 1.61. The minimum Gasteiger partial charge on any atom is -0.479 e. The normalized spacial score (nSPS) is 18.2. The van der Waals surface area contributed by atoms with Crippen LogP contribution in [0.4, 0.5) is 4.79 Å². The number of rotatable bonds is 4. The highest BCUT2D eigenvalue weighted by atomic mass is 32.1. The van der Waals surface area contributed by atoms with Crippen LogP contribution < -0.4 is 5.32 Å². The molecule has 1 saturated heterocycles. The van der Waals surface area contributed by atoms with Gasteiger partial charge in [0.15, 0.2) is 6.04 Å². The first-order valence-electron chi connectivity index (χ1n) is 6.97. The Labute approximate surface area is 128 Å². The fraction of sp³-hybridized carbons (Fsp3) is 0.571. The Morgan fingerprint density at radius 2 is 2.14 bits per heavy atom. The standard InChI is InChI=1S/C14H21N3O3S/c1-16-7-5-10(6-8-16)17(2)14(20)15-12(13(18)19)11-4-3-9-21-11/h3-4,9-10,12H,5-8H2,1-2H3,(H,15,20)(H,18,19). The monoisotopic (exact) mass is 311 g/mol. The first-order chi connectivity index (χ1) is 9.99. The summed E-state index contributed by atoms with van der Waals surface area (Å²) >= 11 is 1.33. The lowest BCUT2D eigenvalue weighted by atomic mass is 10.0. The number of urea groups is 1. The minimum absolute atomic E-state index is 0.166. The van der Waals surface area contributed by atoms with Crippen LogP contribution in [0.1, 0.15) is 23.8 Å². The zero-order valence-corrected chi connectivity index (χ0v) is 13.1. The molecule has 0 aliphatic carbocycles. The highest BCUT2D eigenvalue weighted by molar-refractivity contribution is 7.10. The molecule has 116 valence electrons. The molecule has 1 aliphatic rings. The van der Waals surface area contributed by atoms with Crippen molar-refractivity contribution < 1.29 is 14.7 Å². The van der Waals surface area contributed by atoms with Gasteiger partial charge in [-0.05, 0) is 44.4 Å². The van der Waals surface area contributed by atoms with Gasteiger partial charge in [-0.15, -0.1) is 11.3 Å². The molecule has 0 aromatic carbocycles. The highest BCUT2D eigenvalue weighted by Crippen LogP contribution is 2.20. The molecule has 1 aromatic heterocycles. The third-order valence-electron chi connectivity index (χ3n) is 3.90. The Bertz CT molecular complexity index is 484. The van der Waals surface area contributed by atoms with Gasteiger partial charge in [0.1, 0.15) is 0 Å². The molecule has 2 amide bonds. The Kier molecular flexibility index (Phi) is 5.19. The molecule has 1 atom stereocenters. The first kappa shape index (κ1) is 15.8. The van der Waals surface area contributed by atoms with Crippen molar-refractivity contribution in [1.29, 1.82) is 0 Å². The van der Waals surface area contributed by atoms with Gasteiger partial charge in [0, 0.05) is 18.0 Å². The van der Waals surface area contributed by atoms with Crippen molar-refractivity contribution in [3.63, 3.8) is 0 Å². The minimum atomic E-state index is -1.04. The lowest BCUT2D eigenvalue weighted by molar-refractivity contribution is -0.139. The molecular weight excluding hydrogens is 290 g/mol. The van der Waals surface area contributed by atoms with Crippen LogP contribution in [0.25, 0.3) is 0 Å². The predicted molar refractivity (Wildman–Crippen MR) is 81.5 cm³/mol. The molecule has 7 heteroatoms. The smallest absolute Gasteiger partial charge is 0.331 e. The van der Waals surface area contributed by atoms with E-state index in [4.69, 9.17) is 0 Å². The average molecular weight is 311 g/mol. The fourth-order valence-corrected chi connectivity index (χ4v) is 3.25. The maximum atomic E-state index is 12.3. The lowest BCUT2D eigenvalue weighted by Crippen LogP contribution is -2.49. The number of nitrogens with zero attached hydrogens (tertiary/aromatic N) is 2. The molecule has 1 aliphatic heterocycles. The van der Waals surface area contributed by atoms with Crippen LogP contribution in [0.5, 0.6) is 0 Å². The second-order valence-electron chi connectivity index (χ2n) is 5.38. The summed E-state index contributed by atoms with van der Waals surface area (Å²) in [5.74, 6) is -1.04. The molecule has 6 nitrogen and oxygen atoms in total. The molecule has 0 spiro atoms. The number of piperidine rings is 1. The van der Waals surface area contributed by atoms with Crippen LogP contribution in [0.3, 0.4) is 0 Å². The summed E-state index contributed by atoms with van der Waals surface area (Å²) in [6, 6.07) is 2.36. The number of carboxylic acids is 1. The maximum absolute atomic E-state index is 12.3. The Morgan fingerprint density at radius 3 is 2.67 bits per heavy atom. The average Bonchev–Trinajstić information content (AvgIpc) is 2.98. The van der Waals surface area contributed by atoms with E-state index in [9.17, 15) is 14.7 Å². The third kappa shape index (κ3) is 3.95. The molecule has 0 radical (unpaired) electrons. The van der Waals surface area contributed by atoms with Gasteiger partial charge in [-0.2, -0.15) is 0 Å². The zero-order valence-electron chi connectivity index (χ0n) is 12.3. The molecule has 1 aromatic rings. The number of carbonyl (C=O) groups excluding carboxylic acids is 1. The summed E-state index contributed by atoms with van der Waals surface area (Å²) in [6.07, 6.45) is 1.83. The Balaban J connectivity index is 1.97. The fourth-order valence-electron chi connectivity index (χ4n) is 2.48. The number of aliphatic carboxylic acids is 1. The largest absolute Gasteiger partial charge is 0.479 e. The quantitative estimate of drug-likeness (QED) is 0.886. The molecule has 2 heterocycles. The van der Waals surface area contributed by atoms with E-state index < -0.39 is 12.0 Å². The van der Waals surface area contributed by atoms with Crippen LogP contribution in [-0.4, -0.2) is 60.1 Å². The summed E-state index contributed by atoms with van der Waals surface area (Å²) in [5.41, 5.74) is 0. The van der Waals surface area contributed by atoms with E-state index >= 15 is 0 Å². The highest BCUT2D eigenvalue weighted by Gasteiger charge is 2.28. The lowest BCUT2D eigenvalue weighted by Gasteiger charge is -2.35. The van der Waals surface area contributed by atoms with Crippen LogP contribution in [0, 0.1) is 0 Å². The molecule has 21 heavy (non-hydrogen) atoms. The summed E-state index contributed by atoms with van der Waals surface area (Å²) in [7, 11) is 3.80. The number of thiophene rings is 1. The summed E-state index contributed by atoms with van der Waals surface area (Å²) < 4.78 is 0. The van der Waals surface area contributed by atoms with Crippen molar-refractivity contribution >= 4 is 23.3 Å². The van der Waals surface area contributed by atoms with E-state index in [2.05, 4.69) is 17.3 Å². The topological polar surface area (TPSA) is 72.9 Å². The van der Waals surface area contributed by atoms with Gasteiger partial charge in [-0.25, -0.2) is 9.59 Å². The molecule has 0 bridgehead atoms. The number of likely N-dealkylation sites (tertiary alicyclic amines) is 1. The SMILES string of the molecule is CN1CCC(N(C)C(=O)NC(C(=O)O)c2cccs2)CC1. The van der Waals surface area contributed by atoms with Gasteiger partial charge in [0.25, 0.3) is 0 Å². The third-order valence-corrected chi connectivity index (χ3v) is 4.84. The van der Waals surface area contributed by atoms with Gasteiger partial charge >= 0.3 is 12.0 Å². The van der Waals surface area contributed by atoms with Crippen molar-refractivity contribution in [1.82, 2.24) is 15.1 Å². The van der Waals surface area contributed by atoms with Crippen LogP contribution >= 0.6 is 11.3 Å². The second kappa shape index (κ2) is 6.91. The molecule has 1 fully saturated rings. The van der Waals surface area contributed by atoms with Crippen molar-refractivity contribution in [3.05, 3.63) is 22.4 Å². The van der Waals surface area contributed by atoms with Gasteiger partial charge < -0.3 is 20.2 Å². The van der Waals surface area contributed by atoms with Crippen molar-refractivity contribution in [2.45, 2.75) is 24.9 Å². The number of carbonyl (C=O) groups is 2. The van der Waals surface area contributed by atoms with Gasteiger partial charge in [-0.3, -0.25) is 0 Å². The van der Waals surface area contributed by atoms with Gasteiger partial charge in [0.05, 0.1) is 0 Å². The van der Waals surface area contributed by atoms with E-state index in [1.165, 1.54) is 11.3 Å². The number of hydrogen-bond acceptors (Lipinski definition) is 4. The molecule has 2 N–H and O–H groups in total. The molecule has 2 rings (SSSR count). The Morgan fingerprint density at radius 1 is 1.48 bits per heavy atom. The van der Waals surface area contributed by atoms with E-state index in [-0.39, 0.29) is 12.1 Å². The van der Waals surface area contributed by atoms with Crippen LogP contribution in [-0.2, 0) is 4.79 Å². The van der Waals surface area contributed by atoms with Gasteiger partial charge in [0.2, 0.25) is 0 Å². The summed E-state index contributed by atoms with van der Waals surface area (Å²) in [6.45, 7) is 1.91. The molecule has 0 saturated carbocycles. The maximum Gasteiger partial charge on any atom is 0.331 e. The Hall–Kier alpha value is -1.60. The van der Waals surface area contributed by atoms with Crippen molar-refractivity contribution in [2.24, 2.45) is 0 Å². The number of hydrogen-bond donors (Lipinski definition) is 2. The van der Waals surface area contributed by atoms with E-state index in [1.54, 1.807) is 29.5 Å². The summed E-state index contributed by atoms with van der Waals surface area (Å²) in [5, 5.41) is 13.7. The van der Waals surface area contributed by atoms with Crippen LogP contribution in [0.15, 0.2) is 17.5 Å². The second-order valence-corrected chi connectivity index (χ2v) is 6.36. The van der Waals surface area contributed by atoms with Crippen LogP contribution in [0.2, 0.25) is 0 Å². The van der Waals surface area contributed by atoms with Crippen molar-refractivity contribution in [2.75, 3.05) is 27.2 Å².